The molecule has 256 valence electrons. The van der Waals surface area contributed by atoms with E-state index in [-0.39, 0.29) is 24.0 Å². The Morgan fingerprint density at radius 3 is 1.60 bits per heavy atom. The van der Waals surface area contributed by atoms with Gasteiger partial charge in [-0.05, 0) is 72.3 Å². The van der Waals surface area contributed by atoms with Gasteiger partial charge in [-0.1, -0.05) is 110 Å². The zero-order chi connectivity index (χ0) is 33.7. The van der Waals surface area contributed by atoms with Crippen LogP contribution in [0.2, 0.25) is 0 Å². The number of unbranched alkanes of at least 4 members (excludes halogenated alkanes) is 6. The fourth-order valence-corrected chi connectivity index (χ4v) is 6.63. The minimum absolute atomic E-state index is 0.104. The fourth-order valence-electron chi connectivity index (χ4n) is 5.89. The number of ether oxygens (including phenoxy) is 1. The second-order valence-electron chi connectivity index (χ2n) is 14.3. The molecule has 1 atom stereocenters. The highest BCUT2D eigenvalue weighted by Crippen LogP contribution is 2.39. The van der Waals surface area contributed by atoms with Crippen LogP contribution in [0.1, 0.15) is 115 Å². The van der Waals surface area contributed by atoms with Crippen LogP contribution < -0.4 is 4.74 Å². The Morgan fingerprint density at radius 2 is 1.16 bits per heavy atom. The van der Waals surface area contributed by atoms with Crippen LogP contribution in [0.3, 0.4) is 0 Å². The number of aliphatic hydroxyl groups is 1. The molecule has 8 nitrogen and oxygen atoms in total. The standard InChI is InChI=1S/C35H58O8P2/c1-27-22-30(33(2,3)4)29(31(23-27)34(5,6)7)20-16-11-9-8-10-12-17-21-32(43-28-18-14-13-15-19-28)35(24-36,25-41-44(37)38)26-42-45(39)40/h13-15,18-19,22-23,32,36-40H,8-12,16-17,20-21,24-26H2,1-7H3. The molecule has 0 aromatic heterocycles. The Morgan fingerprint density at radius 1 is 0.689 bits per heavy atom. The first-order chi connectivity index (χ1) is 21.1. The number of aryl methyl sites for hydroxylation is 1. The summed E-state index contributed by atoms with van der Waals surface area (Å²) in [4.78, 5) is 37.6. The van der Waals surface area contributed by atoms with Gasteiger partial charge >= 0.3 is 17.2 Å². The van der Waals surface area contributed by atoms with Crippen molar-refractivity contribution in [2.45, 2.75) is 123 Å². The SMILES string of the molecule is Cc1cc(C(C)(C)C)c(CCCCCCCCCC(Oc2ccccc2)C(CO)(COP(O)O)COP(O)O)c(C(C)(C)C)c1. The minimum atomic E-state index is -2.68. The van der Waals surface area contributed by atoms with Crippen molar-refractivity contribution in [3.8, 4) is 5.75 Å². The molecule has 2 aromatic carbocycles. The molecule has 0 aliphatic rings. The van der Waals surface area contributed by atoms with Crippen LogP contribution in [-0.4, -0.2) is 50.6 Å². The molecule has 0 spiro atoms. The summed E-state index contributed by atoms with van der Waals surface area (Å²) in [6.07, 6.45) is 8.51. The molecule has 0 heterocycles. The summed E-state index contributed by atoms with van der Waals surface area (Å²) in [6, 6.07) is 13.9. The van der Waals surface area contributed by atoms with Crippen LogP contribution in [0.25, 0.3) is 0 Å². The van der Waals surface area contributed by atoms with E-state index < -0.39 is 35.3 Å². The topological polar surface area (TPSA) is 129 Å². The third-order valence-electron chi connectivity index (χ3n) is 8.36. The molecular formula is C35H58O8P2. The van der Waals surface area contributed by atoms with Gasteiger partial charge in [-0.2, -0.15) is 0 Å². The third kappa shape index (κ3) is 13.8. The van der Waals surface area contributed by atoms with Crippen molar-refractivity contribution in [1.29, 1.82) is 0 Å². The molecule has 0 aliphatic carbocycles. The lowest BCUT2D eigenvalue weighted by Gasteiger charge is -2.38. The maximum atomic E-state index is 10.4. The average Bonchev–Trinajstić information content (AvgIpc) is 2.95. The van der Waals surface area contributed by atoms with Crippen molar-refractivity contribution in [2.75, 3.05) is 19.8 Å². The Labute approximate surface area is 274 Å². The molecule has 0 saturated carbocycles. The number of hydrogen-bond donors (Lipinski definition) is 5. The fraction of sp³-hybridized carbons (Fsp3) is 0.657. The van der Waals surface area contributed by atoms with Gasteiger partial charge in [0.2, 0.25) is 0 Å². The minimum Gasteiger partial charge on any atom is -0.490 e. The molecule has 0 aliphatic heterocycles. The maximum Gasteiger partial charge on any atom is 0.327 e. The molecule has 1 unspecified atom stereocenters. The Balaban J connectivity index is 1.96. The van der Waals surface area contributed by atoms with Gasteiger partial charge in [-0.25, -0.2) is 0 Å². The summed E-state index contributed by atoms with van der Waals surface area (Å²) in [5.74, 6) is 0.587. The number of aliphatic hydroxyl groups excluding tert-OH is 1. The highest BCUT2D eigenvalue weighted by molar-refractivity contribution is 7.39. The first kappa shape index (κ1) is 40.0. The molecule has 5 N–H and O–H groups in total. The normalized spacial score (nSPS) is 13.6. The first-order valence-corrected chi connectivity index (χ1v) is 18.5. The van der Waals surface area contributed by atoms with Gasteiger partial charge in [0, 0.05) is 0 Å². The Hall–Kier alpha value is -1.18. The van der Waals surface area contributed by atoms with E-state index in [1.54, 1.807) is 12.1 Å². The first-order valence-electron chi connectivity index (χ1n) is 16.2. The van der Waals surface area contributed by atoms with Crippen molar-refractivity contribution < 1.29 is 38.5 Å². The van der Waals surface area contributed by atoms with E-state index in [2.05, 4.69) is 60.6 Å². The summed E-state index contributed by atoms with van der Waals surface area (Å²) < 4.78 is 16.5. The lowest BCUT2D eigenvalue weighted by molar-refractivity contribution is -0.0669. The molecule has 2 rings (SSSR count). The predicted octanol–water partition coefficient (Wildman–Crippen LogP) is 8.14. The van der Waals surface area contributed by atoms with Crippen molar-refractivity contribution in [3.05, 3.63) is 64.7 Å². The van der Waals surface area contributed by atoms with E-state index in [9.17, 15) is 24.7 Å². The van der Waals surface area contributed by atoms with Gasteiger partial charge in [-0.3, -0.25) is 0 Å². The molecule has 0 bridgehead atoms. The molecular weight excluding hydrogens is 610 g/mol. The molecule has 2 aromatic rings. The van der Waals surface area contributed by atoms with Crippen LogP contribution >= 0.6 is 17.2 Å². The van der Waals surface area contributed by atoms with Crippen LogP contribution in [-0.2, 0) is 26.3 Å². The van der Waals surface area contributed by atoms with Crippen LogP contribution in [0, 0.1) is 12.3 Å². The molecule has 0 saturated heterocycles. The van der Waals surface area contributed by atoms with E-state index in [1.807, 2.05) is 18.2 Å². The quantitative estimate of drug-likeness (QED) is 0.0707. The number of rotatable bonds is 20. The van der Waals surface area contributed by atoms with E-state index >= 15 is 0 Å². The molecule has 10 heteroatoms. The van der Waals surface area contributed by atoms with Crippen molar-refractivity contribution in [2.24, 2.45) is 5.41 Å². The van der Waals surface area contributed by atoms with Crippen molar-refractivity contribution in [1.82, 2.24) is 0 Å². The number of para-hydroxylation sites is 1. The van der Waals surface area contributed by atoms with Gasteiger partial charge in [-0.15, -0.1) is 0 Å². The van der Waals surface area contributed by atoms with Crippen LogP contribution in [0.5, 0.6) is 5.75 Å². The summed E-state index contributed by atoms with van der Waals surface area (Å²) >= 11 is 0. The van der Waals surface area contributed by atoms with Gasteiger partial charge in [0.05, 0.1) is 25.2 Å². The van der Waals surface area contributed by atoms with E-state index in [0.29, 0.717) is 12.2 Å². The Kier molecular flexibility index (Phi) is 16.9. The zero-order valence-corrected chi connectivity index (χ0v) is 30.2. The van der Waals surface area contributed by atoms with Gasteiger partial charge in [0.25, 0.3) is 0 Å². The van der Waals surface area contributed by atoms with Crippen LogP contribution in [0.15, 0.2) is 42.5 Å². The Bertz CT molecular complexity index is 1070. The van der Waals surface area contributed by atoms with E-state index in [1.165, 1.54) is 35.1 Å². The molecule has 45 heavy (non-hydrogen) atoms. The summed E-state index contributed by atoms with van der Waals surface area (Å²) in [6.45, 7) is 15.0. The lowest BCUT2D eigenvalue weighted by Crippen LogP contribution is -2.49. The highest BCUT2D eigenvalue weighted by Gasteiger charge is 2.42. The van der Waals surface area contributed by atoms with Gasteiger partial charge in [0.15, 0.2) is 0 Å². The summed E-state index contributed by atoms with van der Waals surface area (Å²) in [5.41, 5.74) is 4.77. The second-order valence-corrected chi connectivity index (χ2v) is 15.9. The average molecular weight is 669 g/mol. The van der Waals surface area contributed by atoms with E-state index in [0.717, 1.165) is 38.5 Å². The molecule has 0 radical (unpaired) electrons. The van der Waals surface area contributed by atoms with Crippen molar-refractivity contribution in [3.63, 3.8) is 0 Å². The predicted molar refractivity (Wildman–Crippen MR) is 184 cm³/mol. The van der Waals surface area contributed by atoms with E-state index in [4.69, 9.17) is 13.8 Å². The smallest absolute Gasteiger partial charge is 0.327 e. The summed E-state index contributed by atoms with van der Waals surface area (Å²) in [5, 5.41) is 10.4. The lowest BCUT2D eigenvalue weighted by atomic mass is 9.74. The third-order valence-corrected chi connectivity index (χ3v) is 9.08. The number of hydrogen-bond acceptors (Lipinski definition) is 8. The van der Waals surface area contributed by atoms with Crippen molar-refractivity contribution >= 4 is 17.2 Å². The zero-order valence-electron chi connectivity index (χ0n) is 28.5. The second kappa shape index (κ2) is 19.0. The van der Waals surface area contributed by atoms with Crippen LogP contribution in [0.4, 0.5) is 0 Å². The largest absolute Gasteiger partial charge is 0.490 e. The maximum absolute atomic E-state index is 10.4. The molecule has 0 amide bonds. The molecule has 0 fully saturated rings. The summed E-state index contributed by atoms with van der Waals surface area (Å²) in [7, 11) is -5.36. The monoisotopic (exact) mass is 668 g/mol. The van der Waals surface area contributed by atoms with Gasteiger partial charge in [0.1, 0.15) is 11.9 Å². The van der Waals surface area contributed by atoms with Gasteiger partial charge < -0.3 is 38.5 Å². The highest BCUT2D eigenvalue weighted by atomic mass is 31.2. The number of benzene rings is 2.